The van der Waals surface area contributed by atoms with Crippen LogP contribution < -0.4 is 0 Å². The Hall–Kier alpha value is -0.430. The Morgan fingerprint density at radius 1 is 1.64 bits per heavy atom. The van der Waals surface area contributed by atoms with Crippen molar-refractivity contribution in [1.82, 2.24) is 4.67 Å². The van der Waals surface area contributed by atoms with Gasteiger partial charge >= 0.3 is 0 Å². The molecule has 0 heterocycles. The maximum Gasteiger partial charge on any atom is 0.160 e. The second-order valence-corrected chi connectivity index (χ2v) is 4.37. The standard InChI is InChI=1S/C7H16NO2P/c1-4-8(6-7(3)9)11(10)5-2/h6,9,11H,4-5H2,1-3H3/b7-6+. The summed E-state index contributed by atoms with van der Waals surface area (Å²) in [6.07, 6.45) is 2.19. The first-order chi connectivity index (χ1) is 5.11. The lowest BCUT2D eigenvalue weighted by Gasteiger charge is -2.16. The van der Waals surface area contributed by atoms with Gasteiger partial charge in [0.2, 0.25) is 0 Å². The van der Waals surface area contributed by atoms with Gasteiger partial charge in [0, 0.05) is 18.9 Å². The molecule has 3 nitrogen and oxygen atoms in total. The average Bonchev–Trinajstić information content (AvgIpc) is 1.98. The highest BCUT2D eigenvalue weighted by Crippen LogP contribution is 2.26. The normalized spacial score (nSPS) is 14.6. The van der Waals surface area contributed by atoms with Gasteiger partial charge in [-0.05, 0) is 13.8 Å². The van der Waals surface area contributed by atoms with Crippen LogP contribution in [0, 0.1) is 0 Å². The van der Waals surface area contributed by atoms with Crippen LogP contribution in [0.4, 0.5) is 0 Å². The van der Waals surface area contributed by atoms with E-state index < -0.39 is 7.95 Å². The fraction of sp³-hybridized carbons (Fsp3) is 0.714. The number of allylic oxidation sites excluding steroid dienone is 1. The van der Waals surface area contributed by atoms with E-state index in [0.717, 1.165) is 0 Å². The molecule has 0 aromatic carbocycles. The summed E-state index contributed by atoms with van der Waals surface area (Å²) >= 11 is 0. The third-order valence-electron chi connectivity index (χ3n) is 1.31. The first-order valence-corrected chi connectivity index (χ1v) is 5.34. The molecule has 0 aliphatic rings. The Morgan fingerprint density at radius 2 is 2.18 bits per heavy atom. The summed E-state index contributed by atoms with van der Waals surface area (Å²) < 4.78 is 12.9. The van der Waals surface area contributed by atoms with Crippen LogP contribution in [0.2, 0.25) is 0 Å². The number of aliphatic hydroxyl groups excluding tert-OH is 1. The molecule has 0 amide bonds. The van der Waals surface area contributed by atoms with Crippen LogP contribution >= 0.6 is 7.95 Å². The Balaban J connectivity index is 4.17. The molecule has 0 rings (SSSR count). The lowest BCUT2D eigenvalue weighted by molar-refractivity contribution is 0.396. The lowest BCUT2D eigenvalue weighted by atomic mass is 10.6. The SMILES string of the molecule is CCN(/C=C(\C)O)[PH](=O)CC. The molecule has 0 aliphatic carbocycles. The molecule has 4 heteroatoms. The Kier molecular flexibility index (Phi) is 5.05. The van der Waals surface area contributed by atoms with Crippen molar-refractivity contribution in [3.05, 3.63) is 12.0 Å². The van der Waals surface area contributed by atoms with Crippen LogP contribution in [0.15, 0.2) is 12.0 Å². The van der Waals surface area contributed by atoms with Gasteiger partial charge in [-0.25, -0.2) is 0 Å². The van der Waals surface area contributed by atoms with Crippen molar-refractivity contribution in [2.75, 3.05) is 12.7 Å². The minimum Gasteiger partial charge on any atom is -0.511 e. The van der Waals surface area contributed by atoms with Crippen molar-refractivity contribution >= 4 is 7.95 Å². The number of nitrogens with zero attached hydrogens (tertiary/aromatic N) is 1. The molecule has 0 aliphatic heterocycles. The number of rotatable bonds is 4. The molecule has 0 saturated carbocycles. The molecule has 0 radical (unpaired) electrons. The van der Waals surface area contributed by atoms with E-state index in [1.165, 1.54) is 6.20 Å². The Morgan fingerprint density at radius 3 is 2.45 bits per heavy atom. The summed E-state index contributed by atoms with van der Waals surface area (Å²) in [5, 5.41) is 8.90. The predicted octanol–water partition coefficient (Wildman–Crippen LogP) is 2.22. The minimum atomic E-state index is -1.67. The van der Waals surface area contributed by atoms with Crippen LogP contribution in [-0.2, 0) is 4.57 Å². The Bertz CT molecular complexity index is 164. The zero-order valence-electron chi connectivity index (χ0n) is 7.29. The fourth-order valence-corrected chi connectivity index (χ4v) is 1.86. The highest BCUT2D eigenvalue weighted by Gasteiger charge is 2.02. The van der Waals surface area contributed by atoms with Crippen LogP contribution in [0.3, 0.4) is 0 Å². The maximum atomic E-state index is 11.2. The quantitative estimate of drug-likeness (QED) is 0.528. The monoisotopic (exact) mass is 177 g/mol. The zero-order chi connectivity index (χ0) is 8.85. The summed E-state index contributed by atoms with van der Waals surface area (Å²) in [4.78, 5) is 0. The van der Waals surface area contributed by atoms with Gasteiger partial charge in [0.1, 0.15) is 5.76 Å². The van der Waals surface area contributed by atoms with Gasteiger partial charge < -0.3 is 14.3 Å². The van der Waals surface area contributed by atoms with Crippen molar-refractivity contribution in [3.63, 3.8) is 0 Å². The number of hydrogen-bond acceptors (Lipinski definition) is 2. The first kappa shape index (κ1) is 10.6. The van der Waals surface area contributed by atoms with E-state index in [1.807, 2.05) is 13.8 Å². The second kappa shape index (κ2) is 5.25. The average molecular weight is 177 g/mol. The molecule has 0 saturated heterocycles. The van der Waals surface area contributed by atoms with E-state index in [-0.39, 0.29) is 5.76 Å². The van der Waals surface area contributed by atoms with Gasteiger partial charge in [-0.2, -0.15) is 0 Å². The minimum absolute atomic E-state index is 0.207. The summed E-state index contributed by atoms with van der Waals surface area (Å²) in [6.45, 7) is 6.05. The van der Waals surface area contributed by atoms with E-state index in [0.29, 0.717) is 12.7 Å². The first-order valence-electron chi connectivity index (χ1n) is 3.78. The van der Waals surface area contributed by atoms with E-state index in [2.05, 4.69) is 0 Å². The topological polar surface area (TPSA) is 40.5 Å². The van der Waals surface area contributed by atoms with Crippen LogP contribution in [-0.4, -0.2) is 22.5 Å². The lowest BCUT2D eigenvalue weighted by Crippen LogP contribution is -2.08. The number of hydrogen-bond donors (Lipinski definition) is 1. The highest BCUT2D eigenvalue weighted by atomic mass is 31.1. The predicted molar refractivity (Wildman–Crippen MR) is 48.3 cm³/mol. The summed E-state index contributed by atoms with van der Waals surface area (Å²) in [5.41, 5.74) is 0. The van der Waals surface area contributed by atoms with E-state index in [9.17, 15) is 4.57 Å². The van der Waals surface area contributed by atoms with Gasteiger partial charge in [-0.3, -0.25) is 0 Å². The molecule has 0 spiro atoms. The molecule has 0 bridgehead atoms. The molecule has 0 aromatic rings. The molecule has 11 heavy (non-hydrogen) atoms. The zero-order valence-corrected chi connectivity index (χ0v) is 8.29. The molecule has 66 valence electrons. The van der Waals surface area contributed by atoms with Crippen molar-refractivity contribution in [2.24, 2.45) is 0 Å². The van der Waals surface area contributed by atoms with Gasteiger partial charge in [-0.1, -0.05) is 6.92 Å². The summed E-state index contributed by atoms with van der Waals surface area (Å²) in [5.74, 6) is 0.207. The largest absolute Gasteiger partial charge is 0.511 e. The molecule has 1 atom stereocenters. The van der Waals surface area contributed by atoms with Gasteiger partial charge in [0.05, 0.1) is 0 Å². The third-order valence-corrected chi connectivity index (χ3v) is 3.00. The summed E-state index contributed by atoms with van der Waals surface area (Å²) in [6, 6.07) is 0. The van der Waals surface area contributed by atoms with Crippen molar-refractivity contribution < 1.29 is 9.67 Å². The summed E-state index contributed by atoms with van der Waals surface area (Å²) in [7, 11) is -1.67. The molecule has 1 unspecified atom stereocenters. The van der Waals surface area contributed by atoms with Crippen LogP contribution in [0.5, 0.6) is 0 Å². The molecule has 0 fully saturated rings. The van der Waals surface area contributed by atoms with Crippen molar-refractivity contribution in [3.8, 4) is 0 Å². The molecule has 1 N–H and O–H groups in total. The molecular formula is C7H16NO2P. The van der Waals surface area contributed by atoms with E-state index in [1.54, 1.807) is 11.6 Å². The van der Waals surface area contributed by atoms with Crippen molar-refractivity contribution in [2.45, 2.75) is 20.8 Å². The smallest absolute Gasteiger partial charge is 0.160 e. The van der Waals surface area contributed by atoms with E-state index >= 15 is 0 Å². The maximum absolute atomic E-state index is 11.2. The van der Waals surface area contributed by atoms with Crippen molar-refractivity contribution in [1.29, 1.82) is 0 Å². The molecule has 0 aromatic heterocycles. The van der Waals surface area contributed by atoms with Gasteiger partial charge in [-0.15, -0.1) is 0 Å². The van der Waals surface area contributed by atoms with Crippen LogP contribution in [0.1, 0.15) is 20.8 Å². The molecular weight excluding hydrogens is 161 g/mol. The van der Waals surface area contributed by atoms with E-state index in [4.69, 9.17) is 5.11 Å². The number of aliphatic hydroxyl groups is 1. The Labute approximate surface area is 68.6 Å². The fourth-order valence-electron chi connectivity index (χ4n) is 0.768. The van der Waals surface area contributed by atoms with Crippen LogP contribution in [0.25, 0.3) is 0 Å². The third kappa shape index (κ3) is 4.10. The van der Waals surface area contributed by atoms with Gasteiger partial charge in [0.25, 0.3) is 0 Å². The van der Waals surface area contributed by atoms with Gasteiger partial charge in [0.15, 0.2) is 7.95 Å². The second-order valence-electron chi connectivity index (χ2n) is 2.30. The highest BCUT2D eigenvalue weighted by molar-refractivity contribution is 7.42.